The molecule has 2 heterocycles. The number of para-hydroxylation sites is 1. The molecule has 0 aliphatic carbocycles. The van der Waals surface area contributed by atoms with Gasteiger partial charge in [-0.15, -0.1) is 0 Å². The van der Waals surface area contributed by atoms with Crippen LogP contribution in [0.15, 0.2) is 36.7 Å². The fourth-order valence-electron chi connectivity index (χ4n) is 3.16. The third kappa shape index (κ3) is 4.14. The smallest absolute Gasteiger partial charge is 0.241 e. The van der Waals surface area contributed by atoms with Gasteiger partial charge < -0.3 is 15.0 Å². The molecule has 132 valence electrons. The lowest BCUT2D eigenvalue weighted by Crippen LogP contribution is -2.43. The number of hydrogen-bond donors (Lipinski definition) is 1. The third-order valence-electron chi connectivity index (χ3n) is 4.48. The van der Waals surface area contributed by atoms with E-state index in [1.807, 2.05) is 36.1 Å². The number of nitrogens with zero attached hydrogens (tertiary/aromatic N) is 3. The molecule has 1 aromatic heterocycles. The number of hydrogen-bond acceptors (Lipinski definition) is 5. The number of nitrogens with one attached hydrogen (secondary N) is 1. The Morgan fingerprint density at radius 3 is 2.92 bits per heavy atom. The fourth-order valence-corrected chi connectivity index (χ4v) is 3.16. The minimum atomic E-state index is 0.123. The molecular weight excluding hydrogens is 316 g/mol. The highest BCUT2D eigenvalue weighted by atomic mass is 16.5. The summed E-state index contributed by atoms with van der Waals surface area (Å²) < 4.78 is 6.05. The summed E-state index contributed by atoms with van der Waals surface area (Å²) in [6.45, 7) is 3.82. The zero-order valence-electron chi connectivity index (χ0n) is 14.7. The molecule has 0 radical (unpaired) electrons. The highest BCUT2D eigenvalue weighted by Crippen LogP contribution is 2.33. The number of rotatable bonds is 5. The summed E-state index contributed by atoms with van der Waals surface area (Å²) >= 11 is 0. The average Bonchev–Trinajstić information content (AvgIpc) is 2.64. The van der Waals surface area contributed by atoms with Crippen LogP contribution in [0.3, 0.4) is 0 Å². The lowest BCUT2D eigenvalue weighted by Gasteiger charge is -2.32. The molecule has 1 saturated heterocycles. The second-order valence-corrected chi connectivity index (χ2v) is 6.32. The Morgan fingerprint density at radius 1 is 1.32 bits per heavy atom. The molecule has 0 unspecified atom stereocenters. The van der Waals surface area contributed by atoms with Crippen LogP contribution in [-0.2, 0) is 4.79 Å². The number of piperidine rings is 1. The van der Waals surface area contributed by atoms with Gasteiger partial charge >= 0.3 is 0 Å². The Morgan fingerprint density at radius 2 is 2.12 bits per heavy atom. The fraction of sp³-hybridized carbons (Fsp3) is 0.421. The molecule has 25 heavy (non-hydrogen) atoms. The predicted molar refractivity (Wildman–Crippen MR) is 95.8 cm³/mol. The number of aryl methyl sites for hydroxylation is 1. The summed E-state index contributed by atoms with van der Waals surface area (Å²) in [5.74, 6) is 1.58. The molecular formula is C19H24N4O2. The topological polar surface area (TPSA) is 67.4 Å². The number of likely N-dealkylation sites (tertiary alicyclic amines) is 1. The van der Waals surface area contributed by atoms with Crippen LogP contribution in [0.1, 0.15) is 30.0 Å². The van der Waals surface area contributed by atoms with E-state index in [2.05, 4.69) is 15.3 Å². The number of amides is 1. The second kappa shape index (κ2) is 8.07. The van der Waals surface area contributed by atoms with E-state index in [4.69, 9.17) is 4.74 Å². The van der Waals surface area contributed by atoms with Crippen LogP contribution in [0, 0.1) is 6.92 Å². The summed E-state index contributed by atoms with van der Waals surface area (Å²) in [6, 6.07) is 7.85. The van der Waals surface area contributed by atoms with E-state index in [-0.39, 0.29) is 11.8 Å². The van der Waals surface area contributed by atoms with Crippen molar-refractivity contribution < 1.29 is 9.53 Å². The van der Waals surface area contributed by atoms with Gasteiger partial charge in [0.2, 0.25) is 11.8 Å². The van der Waals surface area contributed by atoms with Gasteiger partial charge in [-0.3, -0.25) is 9.78 Å². The number of ether oxygens (including phenoxy) is 1. The molecule has 1 amide bonds. The molecule has 6 nitrogen and oxygen atoms in total. The second-order valence-electron chi connectivity index (χ2n) is 6.32. The minimum absolute atomic E-state index is 0.123. The van der Waals surface area contributed by atoms with Crippen LogP contribution in [0.25, 0.3) is 0 Å². The van der Waals surface area contributed by atoms with Crippen molar-refractivity contribution in [2.75, 3.05) is 26.7 Å². The zero-order chi connectivity index (χ0) is 17.6. The first-order chi connectivity index (χ1) is 12.2. The van der Waals surface area contributed by atoms with Gasteiger partial charge in [-0.1, -0.05) is 18.2 Å². The summed E-state index contributed by atoms with van der Waals surface area (Å²) in [5, 5.41) is 2.93. The molecule has 0 spiro atoms. The normalized spacial score (nSPS) is 17.4. The van der Waals surface area contributed by atoms with Crippen LogP contribution in [0.2, 0.25) is 0 Å². The number of benzene rings is 1. The molecule has 1 N–H and O–H groups in total. The molecule has 0 bridgehead atoms. The van der Waals surface area contributed by atoms with Crippen molar-refractivity contribution in [1.82, 2.24) is 20.2 Å². The van der Waals surface area contributed by atoms with E-state index < -0.39 is 0 Å². The van der Waals surface area contributed by atoms with Crippen molar-refractivity contribution in [2.24, 2.45) is 0 Å². The Bertz CT molecular complexity index is 735. The largest absolute Gasteiger partial charge is 0.437 e. The minimum Gasteiger partial charge on any atom is -0.437 e. The summed E-state index contributed by atoms with van der Waals surface area (Å²) in [7, 11) is 1.79. The standard InChI is InChI=1S/C19H24N4O2/c1-14-6-3-4-8-16(14)25-19-18(21-9-10-22-19)15-7-5-11-23(13-15)17(24)12-20-2/h3-4,6,8-10,15,20H,5,7,11-13H2,1-2H3/t15-/m0/s1. The van der Waals surface area contributed by atoms with Gasteiger partial charge in [0.15, 0.2) is 0 Å². The lowest BCUT2D eigenvalue weighted by atomic mass is 9.94. The highest BCUT2D eigenvalue weighted by Gasteiger charge is 2.28. The highest BCUT2D eigenvalue weighted by molar-refractivity contribution is 5.78. The molecule has 1 aliphatic heterocycles. The van der Waals surface area contributed by atoms with E-state index in [1.165, 1.54) is 0 Å². The van der Waals surface area contributed by atoms with E-state index >= 15 is 0 Å². The maximum atomic E-state index is 12.2. The van der Waals surface area contributed by atoms with Crippen molar-refractivity contribution in [3.63, 3.8) is 0 Å². The van der Waals surface area contributed by atoms with E-state index in [1.54, 1.807) is 19.4 Å². The number of carbonyl (C=O) groups is 1. The third-order valence-corrected chi connectivity index (χ3v) is 4.48. The molecule has 1 aromatic carbocycles. The SMILES string of the molecule is CNCC(=O)N1CCC[C@H](c2nccnc2Oc2ccccc2C)C1. The lowest BCUT2D eigenvalue weighted by molar-refractivity contribution is -0.131. The Labute approximate surface area is 148 Å². The maximum absolute atomic E-state index is 12.2. The van der Waals surface area contributed by atoms with Crippen molar-refractivity contribution >= 4 is 5.91 Å². The van der Waals surface area contributed by atoms with Crippen LogP contribution >= 0.6 is 0 Å². The molecule has 3 rings (SSSR count). The number of aromatic nitrogens is 2. The van der Waals surface area contributed by atoms with Crippen molar-refractivity contribution in [2.45, 2.75) is 25.7 Å². The Balaban J connectivity index is 1.80. The van der Waals surface area contributed by atoms with E-state index in [9.17, 15) is 4.79 Å². The molecule has 1 aliphatic rings. The number of carbonyl (C=O) groups excluding carboxylic acids is 1. The van der Waals surface area contributed by atoms with Gasteiger partial charge in [0.1, 0.15) is 11.4 Å². The van der Waals surface area contributed by atoms with Gasteiger partial charge in [0.25, 0.3) is 0 Å². The Hall–Kier alpha value is -2.47. The van der Waals surface area contributed by atoms with Crippen LogP contribution in [0.4, 0.5) is 0 Å². The van der Waals surface area contributed by atoms with Crippen LogP contribution < -0.4 is 10.1 Å². The first kappa shape index (κ1) is 17.4. The predicted octanol–water partition coefficient (Wildman–Crippen LogP) is 2.50. The molecule has 1 atom stereocenters. The molecule has 6 heteroatoms. The molecule has 1 fully saturated rings. The monoisotopic (exact) mass is 340 g/mol. The van der Waals surface area contributed by atoms with Gasteiger partial charge in [-0.2, -0.15) is 0 Å². The van der Waals surface area contributed by atoms with Gasteiger partial charge in [0, 0.05) is 31.4 Å². The quantitative estimate of drug-likeness (QED) is 0.906. The van der Waals surface area contributed by atoms with Gasteiger partial charge in [-0.25, -0.2) is 4.98 Å². The van der Waals surface area contributed by atoms with Crippen molar-refractivity contribution in [3.8, 4) is 11.6 Å². The molecule has 0 saturated carbocycles. The first-order valence-corrected chi connectivity index (χ1v) is 8.66. The molecule has 2 aromatic rings. The van der Waals surface area contributed by atoms with Gasteiger partial charge in [0.05, 0.1) is 6.54 Å². The maximum Gasteiger partial charge on any atom is 0.241 e. The van der Waals surface area contributed by atoms with Crippen molar-refractivity contribution in [3.05, 3.63) is 47.9 Å². The summed E-state index contributed by atoms with van der Waals surface area (Å²) in [5.41, 5.74) is 1.88. The van der Waals surface area contributed by atoms with Crippen LogP contribution in [0.5, 0.6) is 11.6 Å². The first-order valence-electron chi connectivity index (χ1n) is 8.66. The van der Waals surface area contributed by atoms with E-state index in [0.29, 0.717) is 19.0 Å². The van der Waals surface area contributed by atoms with Crippen LogP contribution in [-0.4, -0.2) is 47.5 Å². The van der Waals surface area contributed by atoms with Gasteiger partial charge in [-0.05, 0) is 38.4 Å². The average molecular weight is 340 g/mol. The van der Waals surface area contributed by atoms with E-state index in [0.717, 1.165) is 36.4 Å². The summed E-state index contributed by atoms with van der Waals surface area (Å²) in [6.07, 6.45) is 5.27. The zero-order valence-corrected chi connectivity index (χ0v) is 14.7. The Kier molecular flexibility index (Phi) is 5.60. The summed E-state index contributed by atoms with van der Waals surface area (Å²) in [4.78, 5) is 23.0. The number of likely N-dealkylation sites (N-methyl/N-ethyl adjacent to an activating group) is 1. The van der Waals surface area contributed by atoms with Crippen molar-refractivity contribution in [1.29, 1.82) is 0 Å².